The Morgan fingerprint density at radius 2 is 1.91 bits per heavy atom. The molecule has 6 unspecified atom stereocenters. The summed E-state index contributed by atoms with van der Waals surface area (Å²) < 4.78 is 6.28. The first-order chi connectivity index (χ1) is 15.3. The normalized spacial score (nSPS) is 41.4. The van der Waals surface area contributed by atoms with Gasteiger partial charge in [0.15, 0.2) is 5.78 Å². The number of carbonyl (C=O) groups is 2. The van der Waals surface area contributed by atoms with Crippen LogP contribution in [-0.2, 0) is 14.3 Å². The van der Waals surface area contributed by atoms with Crippen LogP contribution in [0.3, 0.4) is 0 Å². The van der Waals surface area contributed by atoms with E-state index in [1.54, 1.807) is 11.8 Å². The largest absolute Gasteiger partial charge is 0.378 e. The van der Waals surface area contributed by atoms with Crippen molar-refractivity contribution in [2.45, 2.75) is 65.2 Å². The van der Waals surface area contributed by atoms with Gasteiger partial charge in [0.25, 0.3) is 0 Å². The second-order valence-electron chi connectivity index (χ2n) is 11.3. The Morgan fingerprint density at radius 1 is 1.12 bits per heavy atom. The van der Waals surface area contributed by atoms with Crippen LogP contribution in [0.25, 0.3) is 0 Å². The Balaban J connectivity index is 1.26. The number of hydrogen-bond donors (Lipinski definition) is 0. The molecule has 0 aromatic rings. The molecule has 0 bridgehead atoms. The van der Waals surface area contributed by atoms with Gasteiger partial charge in [-0.25, -0.2) is 0 Å². The number of thiocarbonyl (C=S) groups is 1. The van der Waals surface area contributed by atoms with Crippen LogP contribution in [0.5, 0.6) is 0 Å². The van der Waals surface area contributed by atoms with Crippen molar-refractivity contribution < 1.29 is 14.3 Å². The fourth-order valence-electron chi connectivity index (χ4n) is 8.16. The Hall–Kier alpha value is -0.720. The van der Waals surface area contributed by atoms with Gasteiger partial charge in [-0.15, -0.1) is 0 Å². The van der Waals surface area contributed by atoms with E-state index in [1.807, 2.05) is 6.08 Å². The zero-order chi connectivity index (χ0) is 22.5. The third-order valence-corrected chi connectivity index (χ3v) is 11.5. The summed E-state index contributed by atoms with van der Waals surface area (Å²) in [6.07, 6.45) is 10.6. The Labute approximate surface area is 202 Å². The Bertz CT molecular complexity index is 835. The number of morpholine rings is 1. The van der Waals surface area contributed by atoms with E-state index >= 15 is 0 Å². The van der Waals surface area contributed by atoms with Gasteiger partial charge < -0.3 is 9.64 Å². The van der Waals surface area contributed by atoms with E-state index in [0.717, 1.165) is 56.3 Å². The molecule has 1 aliphatic heterocycles. The first-order valence-electron chi connectivity index (χ1n) is 12.6. The van der Waals surface area contributed by atoms with Crippen LogP contribution in [0.1, 0.15) is 65.2 Å². The highest BCUT2D eigenvalue weighted by Gasteiger charge is 2.59. The Kier molecular flexibility index (Phi) is 6.34. The van der Waals surface area contributed by atoms with Crippen molar-refractivity contribution in [1.82, 2.24) is 4.90 Å². The monoisotopic (exact) mass is 475 g/mol. The molecular weight excluding hydrogens is 438 g/mol. The number of nitrogens with zero attached hydrogens (tertiary/aromatic N) is 1. The third kappa shape index (κ3) is 3.82. The summed E-state index contributed by atoms with van der Waals surface area (Å²) in [4.78, 5) is 27.6. The molecule has 6 heteroatoms. The molecule has 0 aromatic carbocycles. The second kappa shape index (κ2) is 8.81. The van der Waals surface area contributed by atoms with Crippen LogP contribution in [0.2, 0.25) is 0 Å². The number of ether oxygens (including phenoxy) is 1. The van der Waals surface area contributed by atoms with Gasteiger partial charge in [0.1, 0.15) is 10.1 Å². The lowest BCUT2D eigenvalue weighted by molar-refractivity contribution is -0.128. The van der Waals surface area contributed by atoms with Crippen LogP contribution >= 0.6 is 24.0 Å². The molecule has 0 radical (unpaired) electrons. The number of rotatable bonds is 3. The van der Waals surface area contributed by atoms with Crippen molar-refractivity contribution in [1.29, 1.82) is 0 Å². The SMILES string of the molecule is CC12CCC(=O)C=C1CCC1C2CCC2(C)C(C(=O)CSC(=S)N3CCOCC3)CCC12. The molecular formula is C26H37NO3S2. The highest BCUT2D eigenvalue weighted by molar-refractivity contribution is 8.23. The summed E-state index contributed by atoms with van der Waals surface area (Å²) in [5.41, 5.74) is 1.78. The lowest BCUT2D eigenvalue weighted by atomic mass is 9.46. The van der Waals surface area contributed by atoms with Crippen molar-refractivity contribution in [3.63, 3.8) is 0 Å². The van der Waals surface area contributed by atoms with Gasteiger partial charge in [0.05, 0.1) is 19.0 Å². The molecule has 0 N–H and O–H groups in total. The minimum absolute atomic E-state index is 0.140. The third-order valence-electron chi connectivity index (χ3n) is 9.96. The number of carbonyl (C=O) groups excluding carboxylic acids is 2. The average Bonchev–Trinajstić information content (AvgIpc) is 3.15. The summed E-state index contributed by atoms with van der Waals surface area (Å²) >= 11 is 7.18. The molecule has 1 saturated heterocycles. The lowest BCUT2D eigenvalue weighted by Crippen LogP contribution is -2.51. The maximum atomic E-state index is 13.4. The first kappa shape index (κ1) is 23.0. The average molecular weight is 476 g/mol. The van der Waals surface area contributed by atoms with Crippen LogP contribution in [-0.4, -0.2) is 52.8 Å². The zero-order valence-electron chi connectivity index (χ0n) is 19.6. The van der Waals surface area contributed by atoms with Crippen molar-refractivity contribution in [3.8, 4) is 0 Å². The number of ketones is 2. The summed E-state index contributed by atoms with van der Waals surface area (Å²) in [7, 11) is 0. The number of allylic oxidation sites excluding steroid dienone is 1. The molecule has 5 aliphatic rings. The van der Waals surface area contributed by atoms with E-state index in [2.05, 4.69) is 18.7 Å². The molecule has 4 aliphatic carbocycles. The fourth-order valence-corrected chi connectivity index (χ4v) is 9.35. The van der Waals surface area contributed by atoms with E-state index in [-0.39, 0.29) is 16.7 Å². The van der Waals surface area contributed by atoms with E-state index in [0.29, 0.717) is 41.5 Å². The van der Waals surface area contributed by atoms with Crippen molar-refractivity contribution in [2.75, 3.05) is 32.1 Å². The molecule has 4 fully saturated rings. The topological polar surface area (TPSA) is 46.6 Å². The molecule has 0 amide bonds. The number of Topliss-reactive ketones (excluding diaryl/α,β-unsaturated/α-hetero) is 1. The maximum Gasteiger partial charge on any atom is 0.155 e. The quantitative estimate of drug-likeness (QED) is 0.532. The minimum Gasteiger partial charge on any atom is -0.378 e. The van der Waals surface area contributed by atoms with Crippen LogP contribution in [0.4, 0.5) is 0 Å². The Morgan fingerprint density at radius 3 is 2.69 bits per heavy atom. The number of hydrogen-bond acceptors (Lipinski definition) is 5. The van der Waals surface area contributed by atoms with Crippen molar-refractivity contribution >= 4 is 39.9 Å². The predicted octanol–water partition coefficient (Wildman–Crippen LogP) is 5.05. The van der Waals surface area contributed by atoms with Gasteiger partial charge >= 0.3 is 0 Å². The molecule has 6 atom stereocenters. The van der Waals surface area contributed by atoms with Crippen LogP contribution < -0.4 is 0 Å². The molecule has 3 saturated carbocycles. The summed E-state index contributed by atoms with van der Waals surface area (Å²) in [6, 6.07) is 0. The van der Waals surface area contributed by atoms with E-state index in [1.165, 1.54) is 24.8 Å². The molecule has 0 spiro atoms. The van der Waals surface area contributed by atoms with E-state index in [9.17, 15) is 9.59 Å². The second-order valence-corrected chi connectivity index (χ2v) is 12.9. The van der Waals surface area contributed by atoms with Gasteiger partial charge in [-0.05, 0) is 79.6 Å². The highest BCUT2D eigenvalue weighted by Crippen LogP contribution is 2.66. The smallest absolute Gasteiger partial charge is 0.155 e. The number of fused-ring (bicyclic) bond motifs is 5. The summed E-state index contributed by atoms with van der Waals surface area (Å²) in [5.74, 6) is 3.50. The molecule has 32 heavy (non-hydrogen) atoms. The summed E-state index contributed by atoms with van der Waals surface area (Å²) in [5, 5.41) is 0. The number of thioether (sulfide) groups is 1. The van der Waals surface area contributed by atoms with Crippen LogP contribution in [0.15, 0.2) is 11.6 Å². The first-order valence-corrected chi connectivity index (χ1v) is 14.0. The zero-order valence-corrected chi connectivity index (χ0v) is 21.2. The molecule has 4 nitrogen and oxygen atoms in total. The van der Waals surface area contributed by atoms with Gasteiger partial charge in [-0.3, -0.25) is 9.59 Å². The maximum absolute atomic E-state index is 13.4. The van der Waals surface area contributed by atoms with Gasteiger partial charge in [0.2, 0.25) is 0 Å². The van der Waals surface area contributed by atoms with Crippen molar-refractivity contribution in [2.24, 2.45) is 34.5 Å². The molecule has 1 heterocycles. The molecule has 0 aromatic heterocycles. The fraction of sp³-hybridized carbons (Fsp3) is 0.808. The summed E-state index contributed by atoms with van der Waals surface area (Å²) in [6.45, 7) is 7.99. The minimum atomic E-state index is 0.140. The van der Waals surface area contributed by atoms with Gasteiger partial charge in [0, 0.05) is 25.4 Å². The predicted molar refractivity (Wildman–Crippen MR) is 133 cm³/mol. The van der Waals surface area contributed by atoms with E-state index in [4.69, 9.17) is 17.0 Å². The molecule has 176 valence electrons. The van der Waals surface area contributed by atoms with Gasteiger partial charge in [-0.2, -0.15) is 0 Å². The molecule has 5 rings (SSSR count). The van der Waals surface area contributed by atoms with Crippen LogP contribution in [0, 0.1) is 34.5 Å². The standard InChI is InChI=1S/C26H37NO3S2/c1-25-9-7-18(28)15-17(25)3-4-19-20-5-6-22(26(20,2)10-8-21(19)25)23(29)16-32-24(31)27-11-13-30-14-12-27/h15,19-22H,3-14,16H2,1-2H3. The highest BCUT2D eigenvalue weighted by atomic mass is 32.2. The van der Waals surface area contributed by atoms with Crippen molar-refractivity contribution in [3.05, 3.63) is 11.6 Å². The lowest BCUT2D eigenvalue weighted by Gasteiger charge is -2.58. The van der Waals surface area contributed by atoms with E-state index < -0.39 is 0 Å². The van der Waals surface area contributed by atoms with Gasteiger partial charge in [-0.1, -0.05) is 43.4 Å².